The van der Waals surface area contributed by atoms with E-state index >= 15 is 0 Å². The van der Waals surface area contributed by atoms with Gasteiger partial charge in [0.05, 0.1) is 12.3 Å². The standard InChI is InChI=1S/C7H16N2O3S/c1-3-5-13(11,12)9-6-7(10)8-4-2/h9H,3-6H2,1-2H3,(H,8,10). The van der Waals surface area contributed by atoms with Gasteiger partial charge in [-0.2, -0.15) is 0 Å². The van der Waals surface area contributed by atoms with Gasteiger partial charge in [0, 0.05) is 6.54 Å². The Labute approximate surface area is 79.0 Å². The first kappa shape index (κ1) is 12.4. The van der Waals surface area contributed by atoms with Gasteiger partial charge in [0.25, 0.3) is 0 Å². The normalized spacial score (nSPS) is 11.2. The summed E-state index contributed by atoms with van der Waals surface area (Å²) in [5.41, 5.74) is 0. The van der Waals surface area contributed by atoms with Crippen LogP contribution in [0.1, 0.15) is 20.3 Å². The fourth-order valence-electron chi connectivity index (χ4n) is 0.776. The lowest BCUT2D eigenvalue weighted by molar-refractivity contribution is -0.119. The molecule has 0 aromatic heterocycles. The molecule has 6 heteroatoms. The number of amides is 1. The van der Waals surface area contributed by atoms with Crippen molar-refractivity contribution in [1.82, 2.24) is 10.0 Å². The van der Waals surface area contributed by atoms with Gasteiger partial charge < -0.3 is 5.32 Å². The first-order valence-corrected chi connectivity index (χ1v) is 5.91. The summed E-state index contributed by atoms with van der Waals surface area (Å²) in [4.78, 5) is 10.9. The molecule has 5 nitrogen and oxygen atoms in total. The summed E-state index contributed by atoms with van der Waals surface area (Å²) in [6, 6.07) is 0. The third-order valence-corrected chi connectivity index (χ3v) is 2.83. The fraction of sp³-hybridized carbons (Fsp3) is 0.857. The van der Waals surface area contributed by atoms with Crippen molar-refractivity contribution in [2.75, 3.05) is 18.8 Å². The van der Waals surface area contributed by atoms with Crippen molar-refractivity contribution in [3.63, 3.8) is 0 Å². The molecule has 0 aromatic rings. The monoisotopic (exact) mass is 208 g/mol. The van der Waals surface area contributed by atoms with E-state index in [4.69, 9.17) is 0 Å². The van der Waals surface area contributed by atoms with Crippen molar-refractivity contribution in [2.24, 2.45) is 0 Å². The quantitative estimate of drug-likeness (QED) is 0.615. The Morgan fingerprint density at radius 1 is 1.31 bits per heavy atom. The molecule has 0 heterocycles. The highest BCUT2D eigenvalue weighted by molar-refractivity contribution is 7.89. The molecule has 0 aliphatic carbocycles. The number of carbonyl (C=O) groups excluding carboxylic acids is 1. The molecule has 0 fully saturated rings. The third kappa shape index (κ3) is 6.53. The molecule has 0 spiro atoms. The molecule has 0 atom stereocenters. The minimum absolute atomic E-state index is 0.0619. The number of carbonyl (C=O) groups is 1. The summed E-state index contributed by atoms with van der Waals surface area (Å²) in [7, 11) is -3.26. The van der Waals surface area contributed by atoms with Crippen LogP contribution in [0.5, 0.6) is 0 Å². The highest BCUT2D eigenvalue weighted by atomic mass is 32.2. The molecule has 0 aromatic carbocycles. The Hall–Kier alpha value is -0.620. The average Bonchev–Trinajstić information content (AvgIpc) is 2.02. The van der Waals surface area contributed by atoms with Gasteiger partial charge in [0.2, 0.25) is 15.9 Å². The van der Waals surface area contributed by atoms with Gasteiger partial charge in [-0.15, -0.1) is 0 Å². The van der Waals surface area contributed by atoms with Crippen LogP contribution >= 0.6 is 0 Å². The van der Waals surface area contributed by atoms with Gasteiger partial charge in [0.1, 0.15) is 0 Å². The molecule has 1 amide bonds. The van der Waals surface area contributed by atoms with E-state index in [1.165, 1.54) is 0 Å². The van der Waals surface area contributed by atoms with Crippen molar-refractivity contribution in [3.05, 3.63) is 0 Å². The predicted octanol–water partition coefficient (Wildman–Crippen LogP) is -0.548. The summed E-state index contributed by atoms with van der Waals surface area (Å²) >= 11 is 0. The average molecular weight is 208 g/mol. The molecule has 0 aliphatic heterocycles. The van der Waals surface area contributed by atoms with Crippen molar-refractivity contribution in [2.45, 2.75) is 20.3 Å². The number of likely N-dealkylation sites (N-methyl/N-ethyl adjacent to an activating group) is 1. The van der Waals surface area contributed by atoms with E-state index < -0.39 is 10.0 Å². The molecule has 78 valence electrons. The van der Waals surface area contributed by atoms with Crippen LogP contribution in [0.2, 0.25) is 0 Å². The van der Waals surface area contributed by atoms with Crippen LogP contribution in [0.25, 0.3) is 0 Å². The maximum atomic E-state index is 11.0. The van der Waals surface area contributed by atoms with Gasteiger partial charge in [-0.25, -0.2) is 13.1 Å². The summed E-state index contributed by atoms with van der Waals surface area (Å²) in [5, 5.41) is 2.49. The fourth-order valence-corrected chi connectivity index (χ4v) is 1.81. The Bertz CT molecular complexity index is 248. The Kier molecular flexibility index (Phi) is 5.65. The van der Waals surface area contributed by atoms with E-state index in [2.05, 4.69) is 10.0 Å². The van der Waals surface area contributed by atoms with Crippen LogP contribution in [-0.2, 0) is 14.8 Å². The van der Waals surface area contributed by atoms with Crippen molar-refractivity contribution < 1.29 is 13.2 Å². The Morgan fingerprint density at radius 2 is 1.92 bits per heavy atom. The van der Waals surface area contributed by atoms with Crippen LogP contribution < -0.4 is 10.0 Å². The summed E-state index contributed by atoms with van der Waals surface area (Å²) < 4.78 is 24.3. The molecule has 0 unspecified atom stereocenters. The topological polar surface area (TPSA) is 75.3 Å². The zero-order valence-corrected chi connectivity index (χ0v) is 8.78. The maximum absolute atomic E-state index is 11.0. The molecule has 0 bridgehead atoms. The van der Waals surface area contributed by atoms with Crippen LogP contribution in [0, 0.1) is 0 Å². The molecule has 0 radical (unpaired) electrons. The minimum Gasteiger partial charge on any atom is -0.355 e. The number of nitrogens with one attached hydrogen (secondary N) is 2. The van der Waals surface area contributed by atoms with Crippen LogP contribution in [0.4, 0.5) is 0 Å². The first-order chi connectivity index (χ1) is 6.02. The van der Waals surface area contributed by atoms with Crippen molar-refractivity contribution in [1.29, 1.82) is 0 Å². The molecule has 0 rings (SSSR count). The van der Waals surface area contributed by atoms with Gasteiger partial charge >= 0.3 is 0 Å². The van der Waals surface area contributed by atoms with Crippen LogP contribution in [-0.4, -0.2) is 33.2 Å². The molecule has 0 saturated heterocycles. The smallest absolute Gasteiger partial charge is 0.235 e. The highest BCUT2D eigenvalue weighted by Crippen LogP contribution is 1.86. The predicted molar refractivity (Wildman–Crippen MR) is 50.8 cm³/mol. The molecule has 0 saturated carbocycles. The Morgan fingerprint density at radius 3 is 2.38 bits per heavy atom. The molecule has 2 N–H and O–H groups in total. The summed E-state index contributed by atoms with van der Waals surface area (Å²) in [6.45, 7) is 3.88. The van der Waals surface area contributed by atoms with Gasteiger partial charge in [-0.05, 0) is 13.3 Å². The van der Waals surface area contributed by atoms with Gasteiger partial charge in [0.15, 0.2) is 0 Å². The van der Waals surface area contributed by atoms with E-state index in [1.807, 2.05) is 0 Å². The third-order valence-electron chi connectivity index (χ3n) is 1.30. The van der Waals surface area contributed by atoms with E-state index in [9.17, 15) is 13.2 Å². The number of hydrogen-bond donors (Lipinski definition) is 2. The second-order valence-electron chi connectivity index (χ2n) is 2.59. The number of hydrogen-bond acceptors (Lipinski definition) is 3. The Balaban J connectivity index is 3.81. The largest absolute Gasteiger partial charge is 0.355 e. The maximum Gasteiger partial charge on any atom is 0.235 e. The lowest BCUT2D eigenvalue weighted by atomic mass is 10.6. The molecular weight excluding hydrogens is 192 g/mol. The van der Waals surface area contributed by atoms with Gasteiger partial charge in [-0.3, -0.25) is 4.79 Å². The van der Waals surface area contributed by atoms with Gasteiger partial charge in [-0.1, -0.05) is 6.92 Å². The molecular formula is C7H16N2O3S. The summed E-state index contributed by atoms with van der Waals surface area (Å²) in [5.74, 6) is -0.242. The molecule has 13 heavy (non-hydrogen) atoms. The zero-order chi connectivity index (χ0) is 10.3. The van der Waals surface area contributed by atoms with Crippen molar-refractivity contribution in [3.8, 4) is 0 Å². The second-order valence-corrected chi connectivity index (χ2v) is 4.52. The highest BCUT2D eigenvalue weighted by Gasteiger charge is 2.09. The van der Waals surface area contributed by atoms with Crippen molar-refractivity contribution >= 4 is 15.9 Å². The zero-order valence-electron chi connectivity index (χ0n) is 7.96. The molecule has 0 aliphatic rings. The second kappa shape index (κ2) is 5.93. The number of rotatable bonds is 6. The number of sulfonamides is 1. The van der Waals surface area contributed by atoms with E-state index in [0.29, 0.717) is 13.0 Å². The van der Waals surface area contributed by atoms with Crippen LogP contribution in [0.15, 0.2) is 0 Å². The lowest BCUT2D eigenvalue weighted by Gasteiger charge is -2.04. The SMILES string of the molecule is CCCS(=O)(=O)NCC(=O)NCC. The van der Waals surface area contributed by atoms with E-state index in [-0.39, 0.29) is 18.2 Å². The lowest BCUT2D eigenvalue weighted by Crippen LogP contribution is -2.37. The van der Waals surface area contributed by atoms with E-state index in [0.717, 1.165) is 0 Å². The minimum atomic E-state index is -3.26. The first-order valence-electron chi connectivity index (χ1n) is 4.26. The van der Waals surface area contributed by atoms with Crippen LogP contribution in [0.3, 0.4) is 0 Å². The summed E-state index contributed by atoms with van der Waals surface area (Å²) in [6.07, 6.45) is 0.546. The van der Waals surface area contributed by atoms with E-state index in [1.54, 1.807) is 13.8 Å².